The smallest absolute Gasteiger partial charge is 0.204 e. The lowest BCUT2D eigenvalue weighted by atomic mass is 10.3. The molecule has 0 fully saturated rings. The number of ether oxygens (including phenoxy) is 1. The Morgan fingerprint density at radius 1 is 1.14 bits per heavy atom. The Hall–Kier alpha value is -1.72. The molecule has 0 atom stereocenters. The molecule has 2 aromatic rings. The fourth-order valence-electron chi connectivity index (χ4n) is 1.76. The van der Waals surface area contributed by atoms with Crippen molar-refractivity contribution < 1.29 is 4.74 Å². The van der Waals surface area contributed by atoms with E-state index in [1.54, 1.807) is 25.3 Å². The summed E-state index contributed by atoms with van der Waals surface area (Å²) in [6.45, 7) is 2.86. The molecule has 0 aliphatic carbocycles. The van der Waals surface area contributed by atoms with Gasteiger partial charge in [0.05, 0.1) is 22.8 Å². The van der Waals surface area contributed by atoms with E-state index in [-0.39, 0.29) is 0 Å². The molecule has 0 unspecified atom stereocenters. The van der Waals surface area contributed by atoms with Gasteiger partial charge in [0.25, 0.3) is 0 Å². The molecule has 1 aromatic heterocycles. The molecule has 7 heteroatoms. The molecule has 0 spiro atoms. The van der Waals surface area contributed by atoms with Crippen molar-refractivity contribution in [3.05, 3.63) is 34.6 Å². The first-order chi connectivity index (χ1) is 10.2. The Morgan fingerprint density at radius 2 is 1.81 bits per heavy atom. The van der Waals surface area contributed by atoms with Crippen molar-refractivity contribution >= 4 is 40.5 Å². The molecule has 21 heavy (non-hydrogen) atoms. The lowest BCUT2D eigenvalue weighted by Gasteiger charge is -2.15. The molecule has 0 aliphatic rings. The minimum atomic E-state index is 0.501. The van der Waals surface area contributed by atoms with E-state index < -0.39 is 0 Å². The molecule has 112 valence electrons. The number of benzene rings is 1. The summed E-state index contributed by atoms with van der Waals surface area (Å²) in [6, 6.07) is 5.28. The van der Waals surface area contributed by atoms with Crippen LogP contribution in [0.4, 0.5) is 17.3 Å². The number of nitrogens with zero attached hydrogens (tertiary/aromatic N) is 2. The second kappa shape index (κ2) is 7.33. The highest BCUT2D eigenvalue weighted by Gasteiger charge is 2.14. The van der Waals surface area contributed by atoms with E-state index in [0.717, 1.165) is 13.0 Å². The Kier molecular flexibility index (Phi) is 5.47. The third-order valence-electron chi connectivity index (χ3n) is 2.76. The van der Waals surface area contributed by atoms with Crippen molar-refractivity contribution in [2.45, 2.75) is 13.3 Å². The standard InChI is InChI=1S/C14H16Cl2N4O/c1-3-7-17-13-12(21-2)14(19-8-18-13)20-11-9(15)5-4-6-10(11)16/h4-6,8H,3,7H2,1-2H3,(H2,17,18,19,20). The second-order valence-corrected chi connectivity index (χ2v) is 5.07. The van der Waals surface area contributed by atoms with Crippen LogP contribution in [-0.4, -0.2) is 23.6 Å². The first-order valence-corrected chi connectivity index (χ1v) is 7.26. The van der Waals surface area contributed by atoms with Crippen molar-refractivity contribution in [1.29, 1.82) is 0 Å². The van der Waals surface area contributed by atoms with Crippen LogP contribution in [0.2, 0.25) is 10.0 Å². The van der Waals surface area contributed by atoms with E-state index >= 15 is 0 Å². The summed E-state index contributed by atoms with van der Waals surface area (Å²) in [5.41, 5.74) is 0.583. The number of hydrogen-bond donors (Lipinski definition) is 2. The maximum Gasteiger partial charge on any atom is 0.204 e. The number of rotatable bonds is 6. The second-order valence-electron chi connectivity index (χ2n) is 4.25. The molecule has 0 bridgehead atoms. The summed E-state index contributed by atoms with van der Waals surface area (Å²) in [4.78, 5) is 8.37. The van der Waals surface area contributed by atoms with E-state index in [4.69, 9.17) is 27.9 Å². The van der Waals surface area contributed by atoms with Crippen molar-refractivity contribution in [1.82, 2.24) is 9.97 Å². The lowest BCUT2D eigenvalue weighted by molar-refractivity contribution is 0.415. The minimum Gasteiger partial charge on any atom is -0.490 e. The third kappa shape index (κ3) is 3.68. The van der Waals surface area contributed by atoms with Gasteiger partial charge in [0, 0.05) is 6.54 Å². The summed E-state index contributed by atoms with van der Waals surface area (Å²) in [5, 5.41) is 7.30. The van der Waals surface area contributed by atoms with E-state index in [2.05, 4.69) is 27.5 Å². The maximum absolute atomic E-state index is 6.15. The van der Waals surface area contributed by atoms with Crippen molar-refractivity contribution in [2.75, 3.05) is 24.3 Å². The Bertz CT molecular complexity index is 602. The molecular formula is C14H16Cl2N4O. The summed E-state index contributed by atoms with van der Waals surface area (Å²) in [6.07, 6.45) is 2.43. The zero-order valence-electron chi connectivity index (χ0n) is 11.8. The fourth-order valence-corrected chi connectivity index (χ4v) is 2.25. The van der Waals surface area contributed by atoms with Crippen molar-refractivity contribution in [2.24, 2.45) is 0 Å². The molecule has 0 amide bonds. The van der Waals surface area contributed by atoms with Crippen LogP contribution < -0.4 is 15.4 Å². The molecule has 1 heterocycles. The number of aromatic nitrogens is 2. The van der Waals surface area contributed by atoms with Crippen molar-refractivity contribution in [3.63, 3.8) is 0 Å². The van der Waals surface area contributed by atoms with Crippen LogP contribution in [0, 0.1) is 0 Å². The summed E-state index contributed by atoms with van der Waals surface area (Å²) in [5.74, 6) is 1.64. The average molecular weight is 327 g/mol. The van der Waals surface area contributed by atoms with Crippen LogP contribution in [0.5, 0.6) is 5.75 Å². The topological polar surface area (TPSA) is 59.1 Å². The average Bonchev–Trinajstić information content (AvgIpc) is 2.49. The van der Waals surface area contributed by atoms with Crippen LogP contribution in [0.1, 0.15) is 13.3 Å². The molecule has 0 aliphatic heterocycles. The van der Waals surface area contributed by atoms with Crippen molar-refractivity contribution in [3.8, 4) is 5.75 Å². The highest BCUT2D eigenvalue weighted by molar-refractivity contribution is 6.39. The molecule has 1 aromatic carbocycles. The number of halogens is 2. The van der Waals surface area contributed by atoms with Gasteiger partial charge in [-0.15, -0.1) is 0 Å². The Labute approximate surface area is 133 Å². The third-order valence-corrected chi connectivity index (χ3v) is 3.39. The first-order valence-electron chi connectivity index (χ1n) is 6.51. The largest absolute Gasteiger partial charge is 0.490 e. The number of hydrogen-bond acceptors (Lipinski definition) is 5. The Morgan fingerprint density at radius 3 is 2.43 bits per heavy atom. The van der Waals surface area contributed by atoms with Gasteiger partial charge in [0.15, 0.2) is 11.6 Å². The molecule has 0 saturated heterocycles. The quantitative estimate of drug-likeness (QED) is 0.826. The van der Waals surface area contributed by atoms with Crippen LogP contribution in [-0.2, 0) is 0 Å². The van der Waals surface area contributed by atoms with Crippen LogP contribution >= 0.6 is 23.2 Å². The number of para-hydroxylation sites is 1. The van der Waals surface area contributed by atoms with Crippen LogP contribution in [0.25, 0.3) is 0 Å². The van der Waals surface area contributed by atoms with Gasteiger partial charge < -0.3 is 15.4 Å². The number of methoxy groups -OCH3 is 1. The predicted octanol–water partition coefficient (Wildman–Crippen LogP) is 4.36. The molecular weight excluding hydrogens is 311 g/mol. The molecule has 0 saturated carbocycles. The van der Waals surface area contributed by atoms with Gasteiger partial charge in [-0.25, -0.2) is 9.97 Å². The van der Waals surface area contributed by atoms with E-state index in [1.165, 1.54) is 6.33 Å². The number of nitrogens with one attached hydrogen (secondary N) is 2. The van der Waals surface area contributed by atoms with Gasteiger partial charge in [-0.2, -0.15) is 0 Å². The first kappa shape index (κ1) is 15.7. The maximum atomic E-state index is 6.15. The van der Waals surface area contributed by atoms with Gasteiger partial charge in [-0.1, -0.05) is 36.2 Å². The van der Waals surface area contributed by atoms with E-state index in [0.29, 0.717) is 33.1 Å². The van der Waals surface area contributed by atoms with Gasteiger partial charge in [0.2, 0.25) is 5.75 Å². The highest BCUT2D eigenvalue weighted by atomic mass is 35.5. The molecule has 2 rings (SSSR count). The molecule has 2 N–H and O–H groups in total. The monoisotopic (exact) mass is 326 g/mol. The van der Waals surface area contributed by atoms with E-state index in [1.807, 2.05) is 0 Å². The normalized spacial score (nSPS) is 10.3. The molecule has 5 nitrogen and oxygen atoms in total. The summed E-state index contributed by atoms with van der Waals surface area (Å²) >= 11 is 12.3. The van der Waals surface area contributed by atoms with Gasteiger partial charge in [-0.3, -0.25) is 0 Å². The highest BCUT2D eigenvalue weighted by Crippen LogP contribution is 2.36. The zero-order chi connectivity index (χ0) is 15.2. The fraction of sp³-hybridized carbons (Fsp3) is 0.286. The van der Waals surface area contributed by atoms with Gasteiger partial charge >= 0.3 is 0 Å². The SMILES string of the molecule is CCCNc1ncnc(Nc2c(Cl)cccc2Cl)c1OC. The Balaban J connectivity index is 2.35. The van der Waals surface area contributed by atoms with Gasteiger partial charge in [-0.05, 0) is 18.6 Å². The zero-order valence-corrected chi connectivity index (χ0v) is 13.3. The summed E-state index contributed by atoms with van der Waals surface area (Å²) < 4.78 is 5.39. The van der Waals surface area contributed by atoms with Crippen LogP contribution in [0.15, 0.2) is 24.5 Å². The summed E-state index contributed by atoms with van der Waals surface area (Å²) in [7, 11) is 1.56. The van der Waals surface area contributed by atoms with Crippen LogP contribution in [0.3, 0.4) is 0 Å². The lowest BCUT2D eigenvalue weighted by Crippen LogP contribution is -2.07. The predicted molar refractivity (Wildman–Crippen MR) is 87.1 cm³/mol. The molecule has 0 radical (unpaired) electrons. The van der Waals surface area contributed by atoms with E-state index in [9.17, 15) is 0 Å². The van der Waals surface area contributed by atoms with Gasteiger partial charge in [0.1, 0.15) is 6.33 Å². The minimum absolute atomic E-state index is 0.501. The number of anilines is 3.